The summed E-state index contributed by atoms with van der Waals surface area (Å²) in [7, 11) is 1.82. The van der Waals surface area contributed by atoms with Crippen LogP contribution in [-0.2, 0) is 17.9 Å². The minimum Gasteiger partial charge on any atom is -0.337 e. The summed E-state index contributed by atoms with van der Waals surface area (Å²) < 4.78 is 5.39. The van der Waals surface area contributed by atoms with Crippen molar-refractivity contribution >= 4 is 5.91 Å². The lowest BCUT2D eigenvalue weighted by atomic mass is 9.94. The number of piperidine rings is 1. The first kappa shape index (κ1) is 21.2. The number of rotatable bonds is 6. The van der Waals surface area contributed by atoms with Gasteiger partial charge in [-0.2, -0.15) is 4.98 Å². The number of nitrogens with zero attached hydrogens (tertiary/aromatic N) is 4. The Morgan fingerprint density at radius 1 is 1.10 bits per heavy atom. The summed E-state index contributed by atoms with van der Waals surface area (Å²) in [6, 6.07) is 16.5. The van der Waals surface area contributed by atoms with Crippen LogP contribution in [0.5, 0.6) is 0 Å². The molecule has 1 aliphatic heterocycles. The van der Waals surface area contributed by atoms with Gasteiger partial charge >= 0.3 is 0 Å². The number of carbonyl (C=O) groups is 1. The van der Waals surface area contributed by atoms with Gasteiger partial charge in [0, 0.05) is 25.1 Å². The summed E-state index contributed by atoms with van der Waals surface area (Å²) in [5.41, 5.74) is 4.79. The molecule has 1 amide bonds. The molecule has 2 heterocycles. The van der Waals surface area contributed by atoms with E-state index in [-0.39, 0.29) is 11.8 Å². The molecule has 31 heavy (non-hydrogen) atoms. The Labute approximate surface area is 183 Å². The molecule has 4 rings (SSSR count). The topological polar surface area (TPSA) is 62.5 Å². The summed E-state index contributed by atoms with van der Waals surface area (Å²) in [5, 5.41) is 4.07. The standard InChI is InChI=1S/C25H30N4O2/c1-18-8-10-20(11-9-18)24-26-23(31-27-24)17-28(3)25(30)21-12-14-29(15-13-21)16-22-7-5-4-6-19(22)2/h4-11,21H,12-17H2,1-3H3. The average Bonchev–Trinajstić information content (AvgIpc) is 3.24. The van der Waals surface area contributed by atoms with E-state index in [4.69, 9.17) is 4.52 Å². The fourth-order valence-corrected chi connectivity index (χ4v) is 4.10. The van der Waals surface area contributed by atoms with Crippen molar-refractivity contribution in [3.63, 3.8) is 0 Å². The molecule has 6 heteroatoms. The van der Waals surface area contributed by atoms with E-state index in [0.29, 0.717) is 18.3 Å². The van der Waals surface area contributed by atoms with Crippen molar-refractivity contribution in [3.8, 4) is 11.4 Å². The van der Waals surface area contributed by atoms with E-state index in [0.717, 1.165) is 38.0 Å². The van der Waals surface area contributed by atoms with E-state index < -0.39 is 0 Å². The molecule has 0 unspecified atom stereocenters. The fourth-order valence-electron chi connectivity index (χ4n) is 4.10. The molecule has 2 aromatic carbocycles. The Balaban J connectivity index is 1.29. The van der Waals surface area contributed by atoms with Crippen molar-refractivity contribution in [2.75, 3.05) is 20.1 Å². The van der Waals surface area contributed by atoms with Gasteiger partial charge in [-0.15, -0.1) is 0 Å². The highest BCUT2D eigenvalue weighted by atomic mass is 16.5. The highest BCUT2D eigenvalue weighted by molar-refractivity contribution is 5.78. The number of carbonyl (C=O) groups excluding carboxylic acids is 1. The van der Waals surface area contributed by atoms with E-state index >= 15 is 0 Å². The highest BCUT2D eigenvalue weighted by Crippen LogP contribution is 2.23. The van der Waals surface area contributed by atoms with Crippen LogP contribution in [0.3, 0.4) is 0 Å². The minimum atomic E-state index is 0.0533. The summed E-state index contributed by atoms with van der Waals surface area (Å²) in [5.74, 6) is 1.23. The molecule has 162 valence electrons. The first-order valence-electron chi connectivity index (χ1n) is 10.9. The minimum absolute atomic E-state index is 0.0533. The molecule has 0 spiro atoms. The van der Waals surface area contributed by atoms with Crippen molar-refractivity contribution in [2.45, 2.75) is 39.8 Å². The third-order valence-electron chi connectivity index (χ3n) is 6.12. The van der Waals surface area contributed by atoms with E-state index in [1.54, 1.807) is 4.90 Å². The van der Waals surface area contributed by atoms with Gasteiger partial charge in [0.05, 0.1) is 6.54 Å². The van der Waals surface area contributed by atoms with Gasteiger partial charge in [-0.3, -0.25) is 9.69 Å². The van der Waals surface area contributed by atoms with Gasteiger partial charge in [0.25, 0.3) is 0 Å². The molecule has 0 aliphatic carbocycles. The van der Waals surface area contributed by atoms with Gasteiger partial charge < -0.3 is 9.42 Å². The third-order valence-corrected chi connectivity index (χ3v) is 6.12. The highest BCUT2D eigenvalue weighted by Gasteiger charge is 2.28. The Hall–Kier alpha value is -2.99. The normalized spacial score (nSPS) is 15.2. The third kappa shape index (κ3) is 5.20. The molecular formula is C25H30N4O2. The molecule has 0 bridgehead atoms. The SMILES string of the molecule is Cc1ccc(-c2noc(CN(C)C(=O)C3CCN(Cc4ccccc4C)CC3)n2)cc1. The van der Waals surface area contributed by atoms with Crippen molar-refractivity contribution in [2.24, 2.45) is 5.92 Å². The first-order valence-corrected chi connectivity index (χ1v) is 10.9. The van der Waals surface area contributed by atoms with Crippen molar-refractivity contribution in [1.29, 1.82) is 0 Å². The predicted molar refractivity (Wildman–Crippen MR) is 120 cm³/mol. The van der Waals surface area contributed by atoms with Gasteiger partial charge in [-0.05, 0) is 50.9 Å². The maximum Gasteiger partial charge on any atom is 0.246 e. The molecule has 3 aromatic rings. The number of amides is 1. The van der Waals surface area contributed by atoms with Gasteiger partial charge in [0.2, 0.25) is 17.6 Å². The van der Waals surface area contributed by atoms with E-state index in [9.17, 15) is 4.79 Å². The van der Waals surface area contributed by atoms with Gasteiger partial charge in [0.1, 0.15) is 0 Å². The smallest absolute Gasteiger partial charge is 0.246 e. The second kappa shape index (κ2) is 9.43. The van der Waals surface area contributed by atoms with Crippen LogP contribution >= 0.6 is 0 Å². The van der Waals surface area contributed by atoms with Gasteiger partial charge in [0.15, 0.2) is 0 Å². The summed E-state index contributed by atoms with van der Waals surface area (Å²) in [6.45, 7) is 7.36. The fraction of sp³-hybridized carbons (Fsp3) is 0.400. The Kier molecular flexibility index (Phi) is 6.47. The van der Waals surface area contributed by atoms with Crippen LogP contribution < -0.4 is 0 Å². The molecule has 6 nitrogen and oxygen atoms in total. The lowest BCUT2D eigenvalue weighted by Crippen LogP contribution is -2.40. The molecule has 0 saturated carbocycles. The van der Waals surface area contributed by atoms with Crippen LogP contribution in [0.2, 0.25) is 0 Å². The van der Waals surface area contributed by atoms with Crippen LogP contribution in [0, 0.1) is 19.8 Å². The molecule has 1 aliphatic rings. The van der Waals surface area contributed by atoms with E-state index in [1.807, 2.05) is 38.2 Å². The van der Waals surface area contributed by atoms with Crippen molar-refractivity contribution < 1.29 is 9.32 Å². The second-order valence-electron chi connectivity index (χ2n) is 8.55. The first-order chi connectivity index (χ1) is 15.0. The number of aryl methyl sites for hydroxylation is 2. The second-order valence-corrected chi connectivity index (χ2v) is 8.55. The Bertz CT molecular complexity index is 1020. The molecule has 1 fully saturated rings. The quantitative estimate of drug-likeness (QED) is 0.600. The molecule has 1 saturated heterocycles. The summed E-state index contributed by atoms with van der Waals surface area (Å²) >= 11 is 0. The van der Waals surface area contributed by atoms with Crippen LogP contribution in [0.4, 0.5) is 0 Å². The predicted octanol–water partition coefficient (Wildman–Crippen LogP) is 4.22. The van der Waals surface area contributed by atoms with Crippen molar-refractivity contribution in [1.82, 2.24) is 19.9 Å². The van der Waals surface area contributed by atoms with Gasteiger partial charge in [-0.1, -0.05) is 59.3 Å². The molecule has 1 aromatic heterocycles. The Morgan fingerprint density at radius 2 is 1.81 bits per heavy atom. The zero-order valence-electron chi connectivity index (χ0n) is 18.5. The van der Waals surface area contributed by atoms with Crippen molar-refractivity contribution in [3.05, 3.63) is 71.1 Å². The zero-order chi connectivity index (χ0) is 21.8. The lowest BCUT2D eigenvalue weighted by Gasteiger charge is -2.33. The molecular weight excluding hydrogens is 388 g/mol. The number of hydrogen-bond acceptors (Lipinski definition) is 5. The number of hydrogen-bond donors (Lipinski definition) is 0. The molecule has 0 radical (unpaired) electrons. The molecule has 0 atom stereocenters. The number of aromatic nitrogens is 2. The van der Waals surface area contributed by atoms with Gasteiger partial charge in [-0.25, -0.2) is 0 Å². The Morgan fingerprint density at radius 3 is 2.52 bits per heavy atom. The zero-order valence-corrected chi connectivity index (χ0v) is 18.5. The number of likely N-dealkylation sites (tertiary alicyclic amines) is 1. The maximum atomic E-state index is 13.0. The largest absolute Gasteiger partial charge is 0.337 e. The monoisotopic (exact) mass is 418 g/mol. The van der Waals surface area contributed by atoms with Crippen LogP contribution in [0.15, 0.2) is 53.1 Å². The van der Waals surface area contributed by atoms with E-state index in [2.05, 4.69) is 46.2 Å². The summed E-state index contributed by atoms with van der Waals surface area (Å²) in [4.78, 5) is 21.6. The van der Waals surface area contributed by atoms with Crippen LogP contribution in [0.1, 0.15) is 35.4 Å². The van der Waals surface area contributed by atoms with Crippen LogP contribution in [0.25, 0.3) is 11.4 Å². The number of benzene rings is 2. The lowest BCUT2D eigenvalue weighted by molar-refractivity contribution is -0.136. The van der Waals surface area contributed by atoms with Crippen LogP contribution in [-0.4, -0.2) is 46.0 Å². The molecule has 0 N–H and O–H groups in total. The van der Waals surface area contributed by atoms with E-state index in [1.165, 1.54) is 16.7 Å². The summed E-state index contributed by atoms with van der Waals surface area (Å²) in [6.07, 6.45) is 1.76. The maximum absolute atomic E-state index is 13.0. The average molecular weight is 419 g/mol.